The number of fused-ring (bicyclic) bond motifs is 4. The summed E-state index contributed by atoms with van der Waals surface area (Å²) in [4.78, 5) is 26.5. The molecule has 2 unspecified atom stereocenters. The monoisotopic (exact) mass is 431 g/mol. The van der Waals surface area contributed by atoms with Gasteiger partial charge in [0.25, 0.3) is 5.56 Å². The molecule has 5 rings (SSSR count). The van der Waals surface area contributed by atoms with E-state index in [1.807, 2.05) is 47.0 Å². The molecule has 3 aromatic rings. The van der Waals surface area contributed by atoms with Gasteiger partial charge in [-0.25, -0.2) is 4.39 Å². The third kappa shape index (κ3) is 4.10. The lowest BCUT2D eigenvalue weighted by Crippen LogP contribution is -2.47. The van der Waals surface area contributed by atoms with Crippen LogP contribution in [-0.2, 0) is 17.9 Å². The molecular formula is C26H26FN3O2. The van der Waals surface area contributed by atoms with Gasteiger partial charge in [0, 0.05) is 62.0 Å². The molecule has 5 nitrogen and oxygen atoms in total. The zero-order chi connectivity index (χ0) is 22.2. The third-order valence-corrected chi connectivity index (χ3v) is 6.50. The Morgan fingerprint density at radius 2 is 1.75 bits per heavy atom. The molecule has 1 amide bonds. The van der Waals surface area contributed by atoms with Crippen molar-refractivity contribution in [1.82, 2.24) is 9.47 Å². The normalized spacial score (nSPS) is 19.9. The number of hydrogen-bond acceptors (Lipinski definition) is 3. The number of halogens is 1. The third-order valence-electron chi connectivity index (χ3n) is 6.50. The lowest BCUT2D eigenvalue weighted by atomic mass is 9.80. The molecule has 0 aliphatic carbocycles. The van der Waals surface area contributed by atoms with Crippen LogP contribution in [0.25, 0.3) is 11.1 Å². The second-order valence-corrected chi connectivity index (χ2v) is 8.96. The number of rotatable bonds is 4. The summed E-state index contributed by atoms with van der Waals surface area (Å²) in [6.45, 7) is 4.81. The van der Waals surface area contributed by atoms with Crippen molar-refractivity contribution in [2.45, 2.75) is 32.4 Å². The van der Waals surface area contributed by atoms with Gasteiger partial charge in [-0.1, -0.05) is 24.3 Å². The second kappa shape index (κ2) is 8.36. The van der Waals surface area contributed by atoms with Crippen molar-refractivity contribution in [3.05, 3.63) is 88.1 Å². The lowest BCUT2D eigenvalue weighted by molar-refractivity contribution is -0.114. The van der Waals surface area contributed by atoms with E-state index in [0.29, 0.717) is 5.92 Å². The molecule has 2 atom stereocenters. The summed E-state index contributed by atoms with van der Waals surface area (Å²) in [7, 11) is 0. The van der Waals surface area contributed by atoms with E-state index in [0.717, 1.165) is 60.7 Å². The number of amides is 1. The molecule has 2 aliphatic heterocycles. The number of carbonyl (C=O) groups is 1. The van der Waals surface area contributed by atoms with E-state index in [1.165, 1.54) is 19.1 Å². The molecule has 2 bridgehead atoms. The van der Waals surface area contributed by atoms with Crippen molar-refractivity contribution < 1.29 is 9.18 Å². The Kier molecular flexibility index (Phi) is 5.39. The predicted molar refractivity (Wildman–Crippen MR) is 123 cm³/mol. The van der Waals surface area contributed by atoms with E-state index >= 15 is 0 Å². The number of piperidine rings is 1. The number of nitrogens with zero attached hydrogens (tertiary/aromatic N) is 2. The Morgan fingerprint density at radius 1 is 1.00 bits per heavy atom. The summed E-state index contributed by atoms with van der Waals surface area (Å²) in [5, 5.41) is 2.80. The van der Waals surface area contributed by atoms with Crippen LogP contribution in [0.1, 0.15) is 30.5 Å². The first kappa shape index (κ1) is 20.6. The van der Waals surface area contributed by atoms with Gasteiger partial charge in [0.05, 0.1) is 0 Å². The van der Waals surface area contributed by atoms with Crippen LogP contribution in [0.5, 0.6) is 0 Å². The molecule has 0 radical (unpaired) electrons. The average molecular weight is 432 g/mol. The summed E-state index contributed by atoms with van der Waals surface area (Å²) in [5.74, 6) is 0.376. The highest BCUT2D eigenvalue weighted by atomic mass is 19.1. The van der Waals surface area contributed by atoms with Crippen molar-refractivity contribution in [1.29, 1.82) is 0 Å². The Morgan fingerprint density at radius 3 is 2.47 bits per heavy atom. The molecule has 164 valence electrons. The molecular weight excluding hydrogens is 405 g/mol. The van der Waals surface area contributed by atoms with Crippen LogP contribution in [0.4, 0.5) is 10.1 Å². The number of anilines is 1. The van der Waals surface area contributed by atoms with Crippen molar-refractivity contribution in [3.8, 4) is 11.1 Å². The molecule has 1 fully saturated rings. The highest BCUT2D eigenvalue weighted by Crippen LogP contribution is 2.40. The summed E-state index contributed by atoms with van der Waals surface area (Å²) < 4.78 is 15.2. The average Bonchev–Trinajstić information content (AvgIpc) is 2.76. The van der Waals surface area contributed by atoms with Gasteiger partial charge in [0.2, 0.25) is 5.91 Å². The zero-order valence-electron chi connectivity index (χ0n) is 18.1. The quantitative estimate of drug-likeness (QED) is 0.673. The first-order chi connectivity index (χ1) is 15.5. The number of benzene rings is 2. The largest absolute Gasteiger partial charge is 0.326 e. The smallest absolute Gasteiger partial charge is 0.250 e. The number of nitrogens with one attached hydrogen (secondary N) is 1. The Bertz CT molecular complexity index is 1200. The molecule has 0 saturated carbocycles. The van der Waals surface area contributed by atoms with Crippen LogP contribution in [0.3, 0.4) is 0 Å². The van der Waals surface area contributed by atoms with Gasteiger partial charge in [-0.05, 0) is 53.8 Å². The lowest BCUT2D eigenvalue weighted by Gasteiger charge is -2.43. The van der Waals surface area contributed by atoms with Gasteiger partial charge in [0.15, 0.2) is 0 Å². The van der Waals surface area contributed by atoms with E-state index < -0.39 is 0 Å². The van der Waals surface area contributed by atoms with Gasteiger partial charge in [-0.2, -0.15) is 0 Å². The zero-order valence-corrected chi connectivity index (χ0v) is 18.1. The Balaban J connectivity index is 1.45. The van der Waals surface area contributed by atoms with Crippen LogP contribution in [0.15, 0.2) is 65.5 Å². The molecule has 2 aromatic carbocycles. The van der Waals surface area contributed by atoms with E-state index in [4.69, 9.17) is 0 Å². The van der Waals surface area contributed by atoms with Crippen LogP contribution in [0.2, 0.25) is 0 Å². The molecule has 0 spiro atoms. The minimum absolute atomic E-state index is 0.0558. The first-order valence-electron chi connectivity index (χ1n) is 11.0. The molecule has 1 aromatic heterocycles. The minimum atomic E-state index is -0.216. The van der Waals surface area contributed by atoms with E-state index in [-0.39, 0.29) is 23.2 Å². The maximum atomic E-state index is 13.3. The minimum Gasteiger partial charge on any atom is -0.326 e. The van der Waals surface area contributed by atoms with Gasteiger partial charge < -0.3 is 9.88 Å². The van der Waals surface area contributed by atoms with E-state index in [9.17, 15) is 14.0 Å². The topological polar surface area (TPSA) is 54.3 Å². The fraction of sp³-hybridized carbons (Fsp3) is 0.308. The molecule has 6 heteroatoms. The molecule has 32 heavy (non-hydrogen) atoms. The van der Waals surface area contributed by atoms with Gasteiger partial charge in [-0.3, -0.25) is 14.5 Å². The van der Waals surface area contributed by atoms with Crippen molar-refractivity contribution in [2.24, 2.45) is 5.92 Å². The van der Waals surface area contributed by atoms with Gasteiger partial charge in [0.1, 0.15) is 5.82 Å². The molecule has 2 aliphatic rings. The van der Waals surface area contributed by atoms with Crippen molar-refractivity contribution in [2.75, 3.05) is 18.4 Å². The number of likely N-dealkylation sites (tertiary alicyclic amines) is 1. The number of pyridine rings is 1. The van der Waals surface area contributed by atoms with Crippen LogP contribution < -0.4 is 10.9 Å². The summed E-state index contributed by atoms with van der Waals surface area (Å²) in [6, 6.07) is 18.1. The maximum absolute atomic E-state index is 13.3. The first-order valence-corrected chi connectivity index (χ1v) is 11.0. The summed E-state index contributed by atoms with van der Waals surface area (Å²) in [6.07, 6.45) is 1.07. The molecule has 1 N–H and O–H groups in total. The van der Waals surface area contributed by atoms with Crippen molar-refractivity contribution in [3.63, 3.8) is 0 Å². The Labute approximate surface area is 186 Å². The molecule has 3 heterocycles. The Hall–Kier alpha value is -3.25. The number of hydrogen-bond donors (Lipinski definition) is 1. The van der Waals surface area contributed by atoms with E-state index in [1.54, 1.807) is 6.07 Å². The van der Waals surface area contributed by atoms with E-state index in [2.05, 4.69) is 10.2 Å². The summed E-state index contributed by atoms with van der Waals surface area (Å²) in [5.41, 5.74) is 5.13. The fourth-order valence-electron chi connectivity index (χ4n) is 5.27. The second-order valence-electron chi connectivity index (χ2n) is 8.96. The van der Waals surface area contributed by atoms with Gasteiger partial charge in [-0.15, -0.1) is 0 Å². The standard InChI is InChI=1S/C26H26FN3O2/c1-17(31)28-23-8-4-20(5-9-23)24-10-11-25(32)30-15-19-12-21(26(24)30)16-29(14-19)13-18-2-6-22(27)7-3-18/h2-11,19,21H,12-16H2,1H3,(H,28,31). The van der Waals surface area contributed by atoms with Crippen LogP contribution >= 0.6 is 0 Å². The summed E-state index contributed by atoms with van der Waals surface area (Å²) >= 11 is 0. The number of carbonyl (C=O) groups excluding carboxylic acids is 1. The van der Waals surface area contributed by atoms with Gasteiger partial charge >= 0.3 is 0 Å². The predicted octanol–water partition coefficient (Wildman–Crippen LogP) is 4.23. The maximum Gasteiger partial charge on any atom is 0.250 e. The van der Waals surface area contributed by atoms with Crippen LogP contribution in [0, 0.1) is 11.7 Å². The highest BCUT2D eigenvalue weighted by molar-refractivity contribution is 5.89. The molecule has 1 saturated heterocycles. The SMILES string of the molecule is CC(=O)Nc1ccc(-c2ccc(=O)n3c2C2CC(CN(Cc4ccc(F)cc4)C2)C3)cc1. The van der Waals surface area contributed by atoms with Crippen LogP contribution in [-0.4, -0.2) is 28.5 Å². The van der Waals surface area contributed by atoms with Crippen molar-refractivity contribution >= 4 is 11.6 Å². The number of aromatic nitrogens is 1. The fourth-order valence-corrected chi connectivity index (χ4v) is 5.27. The highest BCUT2D eigenvalue weighted by Gasteiger charge is 2.36.